The summed E-state index contributed by atoms with van der Waals surface area (Å²) in [5, 5.41) is 4.16. The average Bonchev–Trinajstić information content (AvgIpc) is 2.43. The van der Waals surface area contributed by atoms with Gasteiger partial charge in [-0.1, -0.05) is 20.8 Å². The van der Waals surface area contributed by atoms with Gasteiger partial charge in [0.05, 0.1) is 7.11 Å². The van der Waals surface area contributed by atoms with Crippen molar-refractivity contribution in [3.05, 3.63) is 18.0 Å². The van der Waals surface area contributed by atoms with Gasteiger partial charge < -0.3 is 10.1 Å². The Kier molecular flexibility index (Phi) is 7.05. The number of methoxy groups -OCH3 is 1. The van der Waals surface area contributed by atoms with Crippen LogP contribution in [0.3, 0.4) is 0 Å². The third-order valence-electron chi connectivity index (χ3n) is 2.81. The Morgan fingerprint density at radius 3 is 2.50 bits per heavy atom. The van der Waals surface area contributed by atoms with Crippen LogP contribution in [0.2, 0.25) is 0 Å². The number of hydrogen-bond donors (Lipinski definition) is 1. The lowest BCUT2D eigenvalue weighted by atomic mass is 10.2. The summed E-state index contributed by atoms with van der Waals surface area (Å²) >= 11 is 1.98. The number of nitrogens with one attached hydrogen (secondary N) is 1. The van der Waals surface area contributed by atoms with E-state index in [1.165, 1.54) is 6.42 Å². The lowest BCUT2D eigenvalue weighted by Gasteiger charge is -2.19. The van der Waals surface area contributed by atoms with Crippen molar-refractivity contribution in [2.24, 2.45) is 0 Å². The maximum atomic E-state index is 4.98. The quantitative estimate of drug-likeness (QED) is 0.786. The molecule has 0 bridgehead atoms. The lowest BCUT2D eigenvalue weighted by Crippen LogP contribution is -2.24. The standard InChI is InChI=1S/C13H23N3OS/c1-5-10(3)18-9-12(14-6-2)11-7-15-13(17-4)16-8-11/h7-8,10,12,14H,5-6,9H2,1-4H3. The second-order valence-electron chi connectivity index (χ2n) is 4.17. The summed E-state index contributed by atoms with van der Waals surface area (Å²) in [6.07, 6.45) is 4.88. The fraction of sp³-hybridized carbons (Fsp3) is 0.692. The minimum Gasteiger partial charge on any atom is -0.467 e. The lowest BCUT2D eigenvalue weighted by molar-refractivity contribution is 0.378. The van der Waals surface area contributed by atoms with Crippen molar-refractivity contribution < 1.29 is 4.74 Å². The zero-order chi connectivity index (χ0) is 13.4. The third kappa shape index (κ3) is 4.82. The Hall–Kier alpha value is -0.810. The molecule has 0 aliphatic rings. The number of nitrogens with zero attached hydrogens (tertiary/aromatic N) is 2. The Balaban J connectivity index is 2.64. The van der Waals surface area contributed by atoms with Crippen LogP contribution in [-0.2, 0) is 0 Å². The summed E-state index contributed by atoms with van der Waals surface area (Å²) in [5.41, 5.74) is 1.12. The summed E-state index contributed by atoms with van der Waals surface area (Å²) in [4.78, 5) is 8.33. The van der Waals surface area contributed by atoms with Crippen molar-refractivity contribution in [3.8, 4) is 6.01 Å². The highest BCUT2D eigenvalue weighted by atomic mass is 32.2. The average molecular weight is 269 g/mol. The van der Waals surface area contributed by atoms with Crippen LogP contribution < -0.4 is 10.1 Å². The number of hydrogen-bond acceptors (Lipinski definition) is 5. The van der Waals surface area contributed by atoms with Gasteiger partial charge in [-0.05, 0) is 13.0 Å². The number of thioether (sulfide) groups is 1. The molecule has 1 heterocycles. The number of rotatable bonds is 8. The molecule has 2 atom stereocenters. The van der Waals surface area contributed by atoms with Crippen molar-refractivity contribution in [1.82, 2.24) is 15.3 Å². The van der Waals surface area contributed by atoms with Crippen molar-refractivity contribution in [2.75, 3.05) is 19.4 Å². The molecule has 0 spiro atoms. The molecule has 5 heteroatoms. The molecule has 1 rings (SSSR count). The molecule has 18 heavy (non-hydrogen) atoms. The van der Waals surface area contributed by atoms with Crippen LogP contribution in [-0.4, -0.2) is 34.6 Å². The van der Waals surface area contributed by atoms with Gasteiger partial charge in [0.2, 0.25) is 0 Å². The normalized spacial score (nSPS) is 14.2. The molecule has 0 saturated carbocycles. The molecule has 1 aromatic heterocycles. The summed E-state index contributed by atoms with van der Waals surface area (Å²) in [6.45, 7) is 7.54. The van der Waals surface area contributed by atoms with E-state index in [4.69, 9.17) is 4.74 Å². The Bertz CT molecular complexity index is 332. The van der Waals surface area contributed by atoms with Crippen LogP contribution in [0.4, 0.5) is 0 Å². The minimum absolute atomic E-state index is 0.305. The van der Waals surface area contributed by atoms with E-state index < -0.39 is 0 Å². The van der Waals surface area contributed by atoms with Crippen LogP contribution >= 0.6 is 11.8 Å². The smallest absolute Gasteiger partial charge is 0.316 e. The van der Waals surface area contributed by atoms with Gasteiger partial charge in [-0.25, -0.2) is 9.97 Å². The first-order valence-electron chi connectivity index (χ1n) is 6.42. The molecule has 0 radical (unpaired) electrons. The maximum absolute atomic E-state index is 4.98. The van der Waals surface area contributed by atoms with E-state index in [0.717, 1.165) is 17.9 Å². The fourth-order valence-electron chi connectivity index (χ4n) is 1.51. The molecule has 0 fully saturated rings. The van der Waals surface area contributed by atoms with Crippen molar-refractivity contribution in [3.63, 3.8) is 0 Å². The highest BCUT2D eigenvalue weighted by Gasteiger charge is 2.13. The molecule has 2 unspecified atom stereocenters. The van der Waals surface area contributed by atoms with Crippen molar-refractivity contribution in [1.29, 1.82) is 0 Å². The second kappa shape index (κ2) is 8.32. The van der Waals surface area contributed by atoms with Gasteiger partial charge in [0, 0.05) is 35.0 Å². The maximum Gasteiger partial charge on any atom is 0.316 e. The molecule has 0 aliphatic heterocycles. The molecule has 0 saturated heterocycles. The first-order chi connectivity index (χ1) is 8.71. The Morgan fingerprint density at radius 1 is 1.33 bits per heavy atom. The van der Waals surface area contributed by atoms with E-state index in [2.05, 4.69) is 36.1 Å². The van der Waals surface area contributed by atoms with Gasteiger partial charge in [-0.3, -0.25) is 0 Å². The topological polar surface area (TPSA) is 47.0 Å². The van der Waals surface area contributed by atoms with Gasteiger partial charge in [0.1, 0.15) is 0 Å². The van der Waals surface area contributed by atoms with Gasteiger partial charge in [0.25, 0.3) is 0 Å². The molecule has 1 N–H and O–H groups in total. The molecular formula is C13H23N3OS. The first-order valence-corrected chi connectivity index (χ1v) is 7.47. The van der Waals surface area contributed by atoms with Crippen molar-refractivity contribution >= 4 is 11.8 Å². The summed E-state index contributed by atoms with van der Waals surface area (Å²) < 4.78 is 4.98. The SMILES string of the molecule is CCNC(CSC(C)CC)c1cnc(OC)nc1. The molecule has 102 valence electrons. The van der Waals surface area contributed by atoms with Crippen LogP contribution in [0.25, 0.3) is 0 Å². The summed E-state index contributed by atoms with van der Waals surface area (Å²) in [7, 11) is 1.58. The predicted octanol–water partition coefficient (Wildman–Crippen LogP) is 2.67. The highest BCUT2D eigenvalue weighted by molar-refractivity contribution is 7.99. The van der Waals surface area contributed by atoms with Gasteiger partial charge >= 0.3 is 6.01 Å². The number of aromatic nitrogens is 2. The van der Waals surface area contributed by atoms with E-state index in [-0.39, 0.29) is 0 Å². The van der Waals surface area contributed by atoms with E-state index >= 15 is 0 Å². The van der Waals surface area contributed by atoms with Crippen LogP contribution in [0.1, 0.15) is 38.8 Å². The predicted molar refractivity (Wildman–Crippen MR) is 77.2 cm³/mol. The van der Waals surface area contributed by atoms with E-state index in [0.29, 0.717) is 17.3 Å². The molecule has 4 nitrogen and oxygen atoms in total. The molecule has 0 aromatic carbocycles. The third-order valence-corrected chi connectivity index (χ3v) is 4.23. The zero-order valence-electron chi connectivity index (χ0n) is 11.6. The minimum atomic E-state index is 0.305. The van der Waals surface area contributed by atoms with Crippen LogP contribution in [0.5, 0.6) is 6.01 Å². The largest absolute Gasteiger partial charge is 0.467 e. The molecule has 0 amide bonds. The molecular weight excluding hydrogens is 246 g/mol. The van der Waals surface area contributed by atoms with Crippen molar-refractivity contribution in [2.45, 2.75) is 38.5 Å². The fourth-order valence-corrected chi connectivity index (χ4v) is 2.58. The summed E-state index contributed by atoms with van der Waals surface area (Å²) in [6, 6.07) is 0.725. The number of ether oxygens (including phenoxy) is 1. The van der Waals surface area contributed by atoms with Gasteiger partial charge in [-0.15, -0.1) is 0 Å². The second-order valence-corrected chi connectivity index (χ2v) is 5.64. The Labute approximate surface area is 114 Å². The zero-order valence-corrected chi connectivity index (χ0v) is 12.5. The van der Waals surface area contributed by atoms with Crippen LogP contribution in [0.15, 0.2) is 12.4 Å². The van der Waals surface area contributed by atoms with E-state index in [1.54, 1.807) is 7.11 Å². The molecule has 1 aromatic rings. The highest BCUT2D eigenvalue weighted by Crippen LogP contribution is 2.22. The van der Waals surface area contributed by atoms with Crippen LogP contribution in [0, 0.1) is 0 Å². The van der Waals surface area contributed by atoms with E-state index in [9.17, 15) is 0 Å². The van der Waals surface area contributed by atoms with E-state index in [1.807, 2.05) is 24.2 Å². The first kappa shape index (κ1) is 15.2. The van der Waals surface area contributed by atoms with Gasteiger partial charge in [-0.2, -0.15) is 11.8 Å². The molecule has 0 aliphatic carbocycles. The Morgan fingerprint density at radius 2 is 2.00 bits per heavy atom. The monoisotopic (exact) mass is 269 g/mol. The summed E-state index contributed by atoms with van der Waals surface area (Å²) in [5.74, 6) is 1.04. The van der Waals surface area contributed by atoms with Gasteiger partial charge in [0.15, 0.2) is 0 Å².